The Morgan fingerprint density at radius 3 is 1.57 bits per heavy atom. The van der Waals surface area contributed by atoms with Crippen molar-refractivity contribution in [1.29, 1.82) is 0 Å². The van der Waals surface area contributed by atoms with Crippen LogP contribution in [0.3, 0.4) is 0 Å². The van der Waals surface area contributed by atoms with E-state index in [-0.39, 0.29) is 0 Å². The second kappa shape index (κ2) is 11.9. The van der Waals surface area contributed by atoms with E-state index in [1.807, 2.05) is 24.3 Å². The van der Waals surface area contributed by atoms with Gasteiger partial charge in [0.25, 0.3) is 0 Å². The van der Waals surface area contributed by atoms with Crippen LogP contribution in [0.5, 0.6) is 0 Å². The van der Waals surface area contributed by atoms with Crippen molar-refractivity contribution in [2.45, 2.75) is 0 Å². The molecule has 0 bridgehead atoms. The molecule has 3 heterocycles. The van der Waals surface area contributed by atoms with Crippen LogP contribution < -0.4 is 0 Å². The molecule has 0 saturated carbocycles. The Balaban J connectivity index is 1.12. The summed E-state index contributed by atoms with van der Waals surface area (Å²) in [7, 11) is 0. The zero-order valence-corrected chi connectivity index (χ0v) is 29.9. The number of hydrogen-bond donors (Lipinski definition) is 0. The molecule has 0 aliphatic carbocycles. The van der Waals surface area contributed by atoms with Crippen LogP contribution in [0.25, 0.3) is 121 Å². The van der Waals surface area contributed by atoms with Crippen molar-refractivity contribution in [3.05, 3.63) is 176 Å². The van der Waals surface area contributed by atoms with Crippen molar-refractivity contribution >= 4 is 76.2 Å². The topological polar surface area (TPSA) is 65.0 Å². The van der Waals surface area contributed by atoms with E-state index in [0.717, 1.165) is 104 Å². The predicted octanol–water partition coefficient (Wildman–Crippen LogP) is 13.8. The van der Waals surface area contributed by atoms with E-state index in [4.69, 9.17) is 23.8 Å². The Labute approximate surface area is 320 Å². The molecule has 9 aromatic carbocycles. The molecular weight excluding hydrogens is 687 g/mol. The van der Waals surface area contributed by atoms with E-state index in [9.17, 15) is 0 Å². The van der Waals surface area contributed by atoms with Crippen LogP contribution in [0.1, 0.15) is 0 Å². The van der Waals surface area contributed by atoms with Gasteiger partial charge in [0, 0.05) is 43.6 Å². The fourth-order valence-electron chi connectivity index (χ4n) is 8.55. The van der Waals surface area contributed by atoms with Crippen LogP contribution in [0.4, 0.5) is 0 Å². The quantitative estimate of drug-likeness (QED) is 0.181. The maximum atomic E-state index is 6.70. The molecule has 0 aliphatic rings. The summed E-state index contributed by atoms with van der Waals surface area (Å²) >= 11 is 0. The smallest absolute Gasteiger partial charge is 0.164 e. The highest BCUT2D eigenvalue weighted by molar-refractivity contribution is 6.22. The van der Waals surface area contributed by atoms with Crippen molar-refractivity contribution in [2.24, 2.45) is 0 Å². The summed E-state index contributed by atoms with van der Waals surface area (Å²) in [6.45, 7) is 0. The molecule has 0 atom stereocenters. The third kappa shape index (κ3) is 4.64. The van der Waals surface area contributed by atoms with E-state index in [2.05, 4.69) is 152 Å². The summed E-state index contributed by atoms with van der Waals surface area (Å²) in [5, 5.41) is 10.8. The van der Waals surface area contributed by atoms with Crippen molar-refractivity contribution in [3.63, 3.8) is 0 Å². The molecule has 0 radical (unpaired) electrons. The maximum Gasteiger partial charge on any atom is 0.164 e. The zero-order chi connectivity index (χ0) is 36.7. The second-order valence-corrected chi connectivity index (χ2v) is 14.3. The molecule has 0 unspecified atom stereocenters. The first-order valence-electron chi connectivity index (χ1n) is 18.8. The Kier molecular flexibility index (Phi) is 6.56. The van der Waals surface area contributed by atoms with E-state index in [0.29, 0.717) is 17.5 Å². The average Bonchev–Trinajstić information content (AvgIpc) is 3.84. The molecule has 12 aromatic rings. The third-order valence-electron chi connectivity index (χ3n) is 11.1. The molecule has 3 aromatic heterocycles. The molecule has 0 amide bonds. The summed E-state index contributed by atoms with van der Waals surface area (Å²) < 4.78 is 13.0. The number of nitrogens with zero attached hydrogens (tertiary/aromatic N) is 3. The lowest BCUT2D eigenvalue weighted by atomic mass is 9.92. The normalized spacial score (nSPS) is 11.9. The minimum atomic E-state index is 0.595. The number of furan rings is 2. The largest absolute Gasteiger partial charge is 0.456 e. The van der Waals surface area contributed by atoms with E-state index in [1.54, 1.807) is 0 Å². The van der Waals surface area contributed by atoms with Gasteiger partial charge in [-0.1, -0.05) is 140 Å². The summed E-state index contributed by atoms with van der Waals surface area (Å²) in [5.41, 5.74) is 8.43. The molecule has 0 saturated heterocycles. The van der Waals surface area contributed by atoms with Crippen LogP contribution in [-0.2, 0) is 0 Å². The lowest BCUT2D eigenvalue weighted by Crippen LogP contribution is -2.01. The number of fused-ring (bicyclic) bond motifs is 10. The summed E-state index contributed by atoms with van der Waals surface area (Å²) in [5.74, 6) is 1.85. The monoisotopic (exact) mass is 715 g/mol. The van der Waals surface area contributed by atoms with Gasteiger partial charge in [0.15, 0.2) is 17.5 Å². The number of hydrogen-bond acceptors (Lipinski definition) is 5. The van der Waals surface area contributed by atoms with E-state index < -0.39 is 0 Å². The fraction of sp³-hybridized carbons (Fsp3) is 0. The van der Waals surface area contributed by atoms with Crippen LogP contribution in [0, 0.1) is 0 Å². The predicted molar refractivity (Wildman–Crippen MR) is 229 cm³/mol. The maximum absolute atomic E-state index is 6.70. The van der Waals surface area contributed by atoms with E-state index in [1.165, 1.54) is 0 Å². The van der Waals surface area contributed by atoms with Crippen LogP contribution in [-0.4, -0.2) is 15.0 Å². The summed E-state index contributed by atoms with van der Waals surface area (Å²) in [4.78, 5) is 15.6. The fourth-order valence-corrected chi connectivity index (χ4v) is 8.55. The first-order chi connectivity index (χ1) is 27.7. The molecule has 5 heteroatoms. The SMILES string of the molecule is c1ccc2c(-c3nc(-c4ccc5oc6c7ccccc7c(-c7cccc8oc9ccccc9c78)cc6c5c4)nc(-c4cccc5ccccc45)n3)cccc2c1. The molecule has 0 spiro atoms. The second-order valence-electron chi connectivity index (χ2n) is 14.3. The number of rotatable bonds is 4. The highest BCUT2D eigenvalue weighted by atomic mass is 16.3. The highest BCUT2D eigenvalue weighted by Gasteiger charge is 2.21. The van der Waals surface area contributed by atoms with Gasteiger partial charge in [-0.05, 0) is 74.5 Å². The lowest BCUT2D eigenvalue weighted by molar-refractivity contribution is 0.669. The number of benzene rings is 9. The Hall–Kier alpha value is -7.63. The molecule has 12 rings (SSSR count). The molecule has 260 valence electrons. The van der Waals surface area contributed by atoms with E-state index >= 15 is 0 Å². The van der Waals surface area contributed by atoms with Gasteiger partial charge >= 0.3 is 0 Å². The van der Waals surface area contributed by atoms with Crippen molar-refractivity contribution < 1.29 is 8.83 Å². The lowest BCUT2D eigenvalue weighted by Gasteiger charge is -2.12. The molecule has 0 N–H and O–H groups in total. The number of aromatic nitrogens is 3. The standard InChI is InChI=1S/C51H29N3O2/c1-3-16-33-30(12-1)14-9-22-38(33)50-52-49(53-51(54-50)39-23-10-15-31-13-2-4-17-34(31)39)32-26-27-45-42(28-32)43-29-41(35-18-5-6-19-37(35)48(43)56-45)36-21-11-25-46-47(36)40-20-7-8-24-44(40)55-46/h1-29H. The van der Waals surface area contributed by atoms with Crippen molar-refractivity contribution in [3.8, 4) is 45.3 Å². The van der Waals surface area contributed by atoms with Gasteiger partial charge in [0.05, 0.1) is 0 Å². The first-order valence-corrected chi connectivity index (χ1v) is 18.8. The average molecular weight is 716 g/mol. The van der Waals surface area contributed by atoms with Gasteiger partial charge in [0.2, 0.25) is 0 Å². The van der Waals surface area contributed by atoms with Crippen LogP contribution in [0.2, 0.25) is 0 Å². The summed E-state index contributed by atoms with van der Waals surface area (Å²) in [6, 6.07) is 60.9. The van der Waals surface area contributed by atoms with Crippen LogP contribution in [0.15, 0.2) is 185 Å². The van der Waals surface area contributed by atoms with Crippen molar-refractivity contribution in [2.75, 3.05) is 0 Å². The Morgan fingerprint density at radius 2 is 0.839 bits per heavy atom. The number of para-hydroxylation sites is 1. The molecular formula is C51H29N3O2. The van der Waals surface area contributed by atoms with Gasteiger partial charge in [-0.25, -0.2) is 15.0 Å². The van der Waals surface area contributed by atoms with Gasteiger partial charge in [0.1, 0.15) is 22.3 Å². The molecule has 56 heavy (non-hydrogen) atoms. The van der Waals surface area contributed by atoms with Crippen LogP contribution >= 0.6 is 0 Å². The molecule has 0 aliphatic heterocycles. The highest BCUT2D eigenvalue weighted by Crippen LogP contribution is 2.44. The minimum absolute atomic E-state index is 0.595. The Bertz CT molecular complexity index is 3450. The van der Waals surface area contributed by atoms with Gasteiger partial charge in [-0.2, -0.15) is 0 Å². The van der Waals surface area contributed by atoms with Crippen molar-refractivity contribution in [1.82, 2.24) is 15.0 Å². The van der Waals surface area contributed by atoms with Gasteiger partial charge in [-0.3, -0.25) is 0 Å². The zero-order valence-electron chi connectivity index (χ0n) is 29.9. The molecule has 0 fully saturated rings. The first kappa shape index (κ1) is 30.8. The van der Waals surface area contributed by atoms with Gasteiger partial charge < -0.3 is 8.83 Å². The molecule has 5 nitrogen and oxygen atoms in total. The third-order valence-corrected chi connectivity index (χ3v) is 11.1. The summed E-state index contributed by atoms with van der Waals surface area (Å²) in [6.07, 6.45) is 0. The Morgan fingerprint density at radius 1 is 0.304 bits per heavy atom. The minimum Gasteiger partial charge on any atom is -0.456 e. The van der Waals surface area contributed by atoms with Gasteiger partial charge in [-0.15, -0.1) is 0 Å².